The van der Waals surface area contributed by atoms with Gasteiger partial charge >= 0.3 is 6.18 Å². The van der Waals surface area contributed by atoms with Crippen LogP contribution in [0.25, 0.3) is 0 Å². The summed E-state index contributed by atoms with van der Waals surface area (Å²) in [6, 6.07) is 4.85. The molecule has 0 saturated carbocycles. The van der Waals surface area contributed by atoms with E-state index in [9.17, 15) is 18.3 Å². The molecule has 0 unspecified atom stereocenters. The van der Waals surface area contributed by atoms with E-state index in [4.69, 9.17) is 4.74 Å². The zero-order valence-corrected chi connectivity index (χ0v) is 10.0. The van der Waals surface area contributed by atoms with E-state index in [1.165, 1.54) is 12.1 Å². The second-order valence-electron chi connectivity index (χ2n) is 3.99. The Morgan fingerprint density at radius 2 is 1.78 bits per heavy atom. The van der Waals surface area contributed by atoms with Gasteiger partial charge in [0.05, 0.1) is 18.8 Å². The van der Waals surface area contributed by atoms with Crippen LogP contribution in [0.3, 0.4) is 0 Å². The normalized spacial score (nSPS) is 11.6. The van der Waals surface area contributed by atoms with Crippen LogP contribution in [0.5, 0.6) is 5.75 Å². The van der Waals surface area contributed by atoms with Gasteiger partial charge in [0.1, 0.15) is 5.75 Å². The zero-order chi connectivity index (χ0) is 13.4. The minimum atomic E-state index is -4.34. The minimum absolute atomic E-state index is 0.0749. The third-order valence-corrected chi connectivity index (χ3v) is 2.47. The quantitative estimate of drug-likeness (QED) is 0.680. The third-order valence-electron chi connectivity index (χ3n) is 2.47. The molecule has 1 rings (SSSR count). The van der Waals surface area contributed by atoms with Crippen LogP contribution in [0.1, 0.15) is 31.2 Å². The summed E-state index contributed by atoms with van der Waals surface area (Å²) in [5.74, 6) is 0.230. The summed E-state index contributed by atoms with van der Waals surface area (Å²) >= 11 is 0. The zero-order valence-electron chi connectivity index (χ0n) is 10.0. The monoisotopic (exact) mass is 261 g/mol. The van der Waals surface area contributed by atoms with Gasteiger partial charge in [-0.15, -0.1) is 0 Å². The molecule has 18 heavy (non-hydrogen) atoms. The first kappa shape index (κ1) is 14.8. The van der Waals surface area contributed by atoms with Gasteiger partial charge in [-0.2, -0.15) is 13.2 Å². The lowest BCUT2D eigenvalue weighted by Gasteiger charge is -2.10. The molecular formula is C13H16F3O2. The van der Waals surface area contributed by atoms with E-state index in [1.807, 2.05) is 0 Å². The molecule has 0 saturated heterocycles. The number of unbranched alkanes of at least 4 members (excludes halogenated alkanes) is 3. The van der Waals surface area contributed by atoms with Crippen LogP contribution in [-0.4, -0.2) is 13.2 Å². The van der Waals surface area contributed by atoms with Gasteiger partial charge in [0.15, 0.2) is 0 Å². The highest BCUT2D eigenvalue weighted by Crippen LogP contribution is 2.31. The highest BCUT2D eigenvalue weighted by molar-refractivity contribution is 5.30. The number of alkyl halides is 3. The lowest BCUT2D eigenvalue weighted by Crippen LogP contribution is -2.05. The van der Waals surface area contributed by atoms with Crippen LogP contribution in [0.2, 0.25) is 0 Å². The molecule has 0 N–H and O–H groups in total. The Bertz CT molecular complexity index is 350. The summed E-state index contributed by atoms with van der Waals surface area (Å²) in [6.07, 6.45) is -1.25. The molecule has 0 bridgehead atoms. The van der Waals surface area contributed by atoms with Gasteiger partial charge < -0.3 is 4.74 Å². The number of ether oxygens (including phenoxy) is 1. The predicted molar refractivity (Wildman–Crippen MR) is 61.0 cm³/mol. The molecule has 0 atom stereocenters. The molecule has 0 heterocycles. The van der Waals surface area contributed by atoms with E-state index in [0.29, 0.717) is 13.0 Å². The maximum absolute atomic E-state index is 12.4. The predicted octanol–water partition coefficient (Wildman–Crippen LogP) is 4.08. The van der Waals surface area contributed by atoms with Crippen molar-refractivity contribution in [2.75, 3.05) is 13.2 Å². The van der Waals surface area contributed by atoms with Gasteiger partial charge in [-0.05, 0) is 37.5 Å². The Morgan fingerprint density at radius 3 is 2.44 bits per heavy atom. The van der Waals surface area contributed by atoms with Crippen LogP contribution in [0.15, 0.2) is 24.3 Å². The highest BCUT2D eigenvalue weighted by Gasteiger charge is 2.30. The second kappa shape index (κ2) is 7.26. The summed E-state index contributed by atoms with van der Waals surface area (Å²) < 4.78 is 42.5. The van der Waals surface area contributed by atoms with Crippen LogP contribution >= 0.6 is 0 Å². The summed E-state index contributed by atoms with van der Waals surface area (Å²) in [4.78, 5) is 0. The molecule has 0 aliphatic heterocycles. The van der Waals surface area contributed by atoms with E-state index in [2.05, 4.69) is 0 Å². The first-order valence-electron chi connectivity index (χ1n) is 5.92. The number of benzene rings is 1. The molecule has 1 radical (unpaired) electrons. The smallest absolute Gasteiger partial charge is 0.416 e. The molecule has 0 fully saturated rings. The largest absolute Gasteiger partial charge is 0.494 e. The van der Waals surface area contributed by atoms with Crippen molar-refractivity contribution in [3.63, 3.8) is 0 Å². The summed E-state index contributed by atoms with van der Waals surface area (Å²) in [7, 11) is 0. The number of hydrogen-bond acceptors (Lipinski definition) is 1. The molecule has 101 valence electrons. The van der Waals surface area contributed by atoms with E-state index < -0.39 is 11.7 Å². The third kappa shape index (κ3) is 5.40. The number of halogens is 3. The minimum Gasteiger partial charge on any atom is -0.494 e. The molecular weight excluding hydrogens is 245 g/mol. The molecule has 1 aromatic rings. The molecule has 0 spiro atoms. The standard InChI is InChI=1S/C13H16F3O2/c14-13(15,16)11-6-5-7-12(10-11)18-9-4-2-1-3-8-17/h5-7,10H,1-4,8-9H2. The van der Waals surface area contributed by atoms with E-state index in [1.54, 1.807) is 0 Å². The number of hydrogen-bond donors (Lipinski definition) is 0. The first-order valence-corrected chi connectivity index (χ1v) is 5.92. The summed E-state index contributed by atoms with van der Waals surface area (Å²) in [6.45, 7) is 0.300. The lowest BCUT2D eigenvalue weighted by molar-refractivity contribution is -0.137. The molecule has 2 nitrogen and oxygen atoms in total. The topological polar surface area (TPSA) is 29.1 Å². The maximum Gasteiger partial charge on any atom is 0.416 e. The first-order chi connectivity index (χ1) is 8.54. The molecule has 0 aliphatic carbocycles. The Hall–Kier alpha value is -1.23. The maximum atomic E-state index is 12.4. The lowest BCUT2D eigenvalue weighted by atomic mass is 10.2. The van der Waals surface area contributed by atoms with Crippen LogP contribution in [-0.2, 0) is 11.3 Å². The van der Waals surface area contributed by atoms with Crippen molar-refractivity contribution in [3.8, 4) is 5.75 Å². The van der Waals surface area contributed by atoms with Gasteiger partial charge in [-0.1, -0.05) is 12.5 Å². The van der Waals surface area contributed by atoms with Gasteiger partial charge in [0.25, 0.3) is 0 Å². The SMILES string of the molecule is [O]CCCCCCOc1cccc(C(F)(F)F)c1. The summed E-state index contributed by atoms with van der Waals surface area (Å²) in [5, 5.41) is 10.2. The summed E-state index contributed by atoms with van der Waals surface area (Å²) in [5.41, 5.74) is -0.702. The fourth-order valence-electron chi connectivity index (χ4n) is 1.51. The van der Waals surface area contributed by atoms with Gasteiger partial charge in [0, 0.05) is 0 Å². The fraction of sp³-hybridized carbons (Fsp3) is 0.538. The van der Waals surface area contributed by atoms with Gasteiger partial charge in [0.2, 0.25) is 0 Å². The van der Waals surface area contributed by atoms with Crippen LogP contribution in [0.4, 0.5) is 13.2 Å². The number of rotatable bonds is 7. The Morgan fingerprint density at radius 1 is 1.06 bits per heavy atom. The van der Waals surface area contributed by atoms with Gasteiger partial charge in [-0.25, -0.2) is 5.11 Å². The van der Waals surface area contributed by atoms with E-state index in [0.717, 1.165) is 31.4 Å². The van der Waals surface area contributed by atoms with Crippen molar-refractivity contribution in [1.82, 2.24) is 0 Å². The van der Waals surface area contributed by atoms with Gasteiger partial charge in [-0.3, -0.25) is 0 Å². The fourth-order valence-corrected chi connectivity index (χ4v) is 1.51. The van der Waals surface area contributed by atoms with Crippen molar-refractivity contribution >= 4 is 0 Å². The van der Waals surface area contributed by atoms with Crippen molar-refractivity contribution in [2.45, 2.75) is 31.9 Å². The highest BCUT2D eigenvalue weighted by atomic mass is 19.4. The molecule has 1 aromatic carbocycles. The average molecular weight is 261 g/mol. The molecule has 0 aromatic heterocycles. The average Bonchev–Trinajstić information content (AvgIpc) is 2.33. The van der Waals surface area contributed by atoms with Crippen molar-refractivity contribution in [1.29, 1.82) is 0 Å². The van der Waals surface area contributed by atoms with Crippen molar-refractivity contribution in [2.24, 2.45) is 0 Å². The Kier molecular flexibility index (Phi) is 5.98. The molecule has 0 aliphatic rings. The Labute approximate surface area is 104 Å². The van der Waals surface area contributed by atoms with Crippen LogP contribution < -0.4 is 4.74 Å². The van der Waals surface area contributed by atoms with E-state index in [-0.39, 0.29) is 12.4 Å². The van der Waals surface area contributed by atoms with Crippen LogP contribution in [0, 0.1) is 0 Å². The van der Waals surface area contributed by atoms with Crippen molar-refractivity contribution in [3.05, 3.63) is 29.8 Å². The van der Waals surface area contributed by atoms with Crippen molar-refractivity contribution < 1.29 is 23.0 Å². The second-order valence-corrected chi connectivity index (χ2v) is 3.99. The Balaban J connectivity index is 2.34. The molecule has 0 amide bonds. The van der Waals surface area contributed by atoms with E-state index >= 15 is 0 Å². The molecule has 5 heteroatoms.